The van der Waals surface area contributed by atoms with Crippen molar-refractivity contribution in [1.82, 2.24) is 10.4 Å². The van der Waals surface area contributed by atoms with Crippen LogP contribution in [0, 0.1) is 11.8 Å². The maximum Gasteiger partial charge on any atom is 0.243 e. The lowest BCUT2D eigenvalue weighted by atomic mass is 9.82. The summed E-state index contributed by atoms with van der Waals surface area (Å²) in [6.07, 6.45) is 8.74. The highest BCUT2D eigenvalue weighted by Crippen LogP contribution is 2.31. The number of nitrogens with one attached hydrogen (secondary N) is 1. The third-order valence-electron chi connectivity index (χ3n) is 4.09. The van der Waals surface area contributed by atoms with Crippen LogP contribution in [0.2, 0.25) is 0 Å². The van der Waals surface area contributed by atoms with Gasteiger partial charge in [0.15, 0.2) is 0 Å². The molecular formula is C13H20N4O. The summed E-state index contributed by atoms with van der Waals surface area (Å²) in [5.74, 6) is 0.396. The van der Waals surface area contributed by atoms with Crippen molar-refractivity contribution in [1.29, 1.82) is 0 Å². The molecule has 0 spiro atoms. The lowest BCUT2D eigenvalue weighted by molar-refractivity contribution is -0.130. The summed E-state index contributed by atoms with van der Waals surface area (Å²) in [4.78, 5) is 12.3. The lowest BCUT2D eigenvalue weighted by Crippen LogP contribution is -2.49. The topological polar surface area (TPSA) is 57.1 Å². The van der Waals surface area contributed by atoms with E-state index in [1.165, 1.54) is 19.3 Å². The van der Waals surface area contributed by atoms with Crippen molar-refractivity contribution in [2.45, 2.75) is 31.7 Å². The van der Waals surface area contributed by atoms with E-state index < -0.39 is 0 Å². The first kappa shape index (κ1) is 11.8. The van der Waals surface area contributed by atoms with Gasteiger partial charge in [-0.05, 0) is 19.3 Å². The second-order valence-corrected chi connectivity index (χ2v) is 5.40. The van der Waals surface area contributed by atoms with Gasteiger partial charge in [0.2, 0.25) is 5.91 Å². The van der Waals surface area contributed by atoms with E-state index in [0.29, 0.717) is 5.92 Å². The molecule has 3 atom stereocenters. The SMILES string of the molecule is O=C(NN1CCCCC1)C1C=CCC2CN=NC21. The highest BCUT2D eigenvalue weighted by molar-refractivity contribution is 5.81. The number of hydrazine groups is 1. The minimum absolute atomic E-state index is 0.0693. The highest BCUT2D eigenvalue weighted by atomic mass is 16.2. The Bertz CT molecular complexity index is 373. The van der Waals surface area contributed by atoms with Crippen LogP contribution in [0.1, 0.15) is 25.7 Å². The van der Waals surface area contributed by atoms with Gasteiger partial charge in [-0.15, -0.1) is 0 Å². The smallest absolute Gasteiger partial charge is 0.243 e. The van der Waals surface area contributed by atoms with Crippen molar-refractivity contribution in [3.05, 3.63) is 12.2 Å². The maximum absolute atomic E-state index is 12.3. The summed E-state index contributed by atoms with van der Waals surface area (Å²) >= 11 is 0. The Morgan fingerprint density at radius 2 is 2.11 bits per heavy atom. The van der Waals surface area contributed by atoms with Crippen LogP contribution < -0.4 is 5.43 Å². The largest absolute Gasteiger partial charge is 0.288 e. The second kappa shape index (κ2) is 5.18. The van der Waals surface area contributed by atoms with E-state index in [0.717, 1.165) is 26.1 Å². The molecule has 1 fully saturated rings. The molecule has 1 N–H and O–H groups in total. The number of piperidine rings is 1. The molecule has 3 aliphatic rings. The molecule has 0 aromatic carbocycles. The fourth-order valence-corrected chi connectivity index (χ4v) is 3.02. The Hall–Kier alpha value is -1.23. The van der Waals surface area contributed by atoms with E-state index in [1.54, 1.807) is 0 Å². The van der Waals surface area contributed by atoms with Gasteiger partial charge in [0.1, 0.15) is 0 Å². The van der Waals surface area contributed by atoms with E-state index in [4.69, 9.17) is 0 Å². The van der Waals surface area contributed by atoms with E-state index in [2.05, 4.69) is 26.7 Å². The quantitative estimate of drug-likeness (QED) is 0.753. The molecule has 3 rings (SSSR count). The Balaban J connectivity index is 1.62. The van der Waals surface area contributed by atoms with Gasteiger partial charge in [0.25, 0.3) is 0 Å². The lowest BCUT2D eigenvalue weighted by Gasteiger charge is -2.31. The monoisotopic (exact) mass is 248 g/mol. The van der Waals surface area contributed by atoms with Gasteiger partial charge >= 0.3 is 0 Å². The van der Waals surface area contributed by atoms with E-state index in [9.17, 15) is 4.79 Å². The minimum Gasteiger partial charge on any atom is -0.288 e. The third kappa shape index (κ3) is 2.32. The zero-order valence-electron chi connectivity index (χ0n) is 10.6. The molecule has 2 aliphatic heterocycles. The number of allylic oxidation sites excluding steroid dienone is 1. The fourth-order valence-electron chi connectivity index (χ4n) is 3.02. The number of carbonyl (C=O) groups excluding carboxylic acids is 1. The highest BCUT2D eigenvalue weighted by Gasteiger charge is 2.38. The predicted octanol–water partition coefficient (Wildman–Crippen LogP) is 1.53. The molecule has 0 radical (unpaired) electrons. The van der Waals surface area contributed by atoms with E-state index >= 15 is 0 Å². The molecule has 5 heteroatoms. The molecule has 1 amide bonds. The van der Waals surface area contributed by atoms with Crippen LogP contribution in [-0.4, -0.2) is 36.6 Å². The molecular weight excluding hydrogens is 228 g/mol. The van der Waals surface area contributed by atoms with Crippen LogP contribution in [0.25, 0.3) is 0 Å². The summed E-state index contributed by atoms with van der Waals surface area (Å²) in [6.45, 7) is 2.72. The molecule has 98 valence electrons. The molecule has 0 saturated carbocycles. The molecule has 5 nitrogen and oxygen atoms in total. The van der Waals surface area contributed by atoms with Gasteiger partial charge in [0, 0.05) is 19.0 Å². The van der Waals surface area contributed by atoms with Crippen molar-refractivity contribution in [3.8, 4) is 0 Å². The molecule has 0 aromatic rings. The van der Waals surface area contributed by atoms with Crippen molar-refractivity contribution >= 4 is 5.91 Å². The average molecular weight is 248 g/mol. The Labute approximate surface area is 107 Å². The normalized spacial score (nSPS) is 35.4. The van der Waals surface area contributed by atoms with Gasteiger partial charge in [-0.2, -0.15) is 10.2 Å². The first-order chi connectivity index (χ1) is 8.84. The van der Waals surface area contributed by atoms with Crippen LogP contribution in [0.15, 0.2) is 22.4 Å². The van der Waals surface area contributed by atoms with Gasteiger partial charge in [-0.25, -0.2) is 5.01 Å². The Morgan fingerprint density at radius 1 is 1.28 bits per heavy atom. The second-order valence-electron chi connectivity index (χ2n) is 5.40. The summed E-state index contributed by atoms with van der Waals surface area (Å²) < 4.78 is 0. The van der Waals surface area contributed by atoms with Crippen LogP contribution >= 0.6 is 0 Å². The number of azo groups is 1. The number of nitrogens with zero attached hydrogens (tertiary/aromatic N) is 3. The van der Waals surface area contributed by atoms with Crippen molar-refractivity contribution in [2.24, 2.45) is 22.1 Å². The Morgan fingerprint density at radius 3 is 2.94 bits per heavy atom. The minimum atomic E-state index is -0.128. The molecule has 3 unspecified atom stereocenters. The van der Waals surface area contributed by atoms with E-state index in [1.807, 2.05) is 6.08 Å². The molecule has 0 bridgehead atoms. The summed E-state index contributed by atoms with van der Waals surface area (Å²) in [5, 5.41) is 10.4. The number of rotatable bonds is 2. The summed E-state index contributed by atoms with van der Waals surface area (Å²) in [5.41, 5.74) is 3.04. The van der Waals surface area contributed by atoms with Gasteiger partial charge in [-0.1, -0.05) is 18.6 Å². The van der Waals surface area contributed by atoms with Crippen molar-refractivity contribution < 1.29 is 4.79 Å². The van der Waals surface area contributed by atoms with Crippen LogP contribution in [-0.2, 0) is 4.79 Å². The molecule has 0 aromatic heterocycles. The number of amides is 1. The zero-order valence-corrected chi connectivity index (χ0v) is 10.6. The first-order valence-electron chi connectivity index (χ1n) is 6.93. The predicted molar refractivity (Wildman–Crippen MR) is 67.8 cm³/mol. The third-order valence-corrected chi connectivity index (χ3v) is 4.09. The van der Waals surface area contributed by atoms with Gasteiger partial charge in [-0.3, -0.25) is 10.2 Å². The van der Waals surface area contributed by atoms with Gasteiger partial charge < -0.3 is 0 Å². The standard InChI is InChI=1S/C13H20N4O/c18-13(16-17-7-2-1-3-8-17)11-6-4-5-10-9-14-15-12(10)11/h4,6,10-12H,1-3,5,7-9H2,(H,16,18). The van der Waals surface area contributed by atoms with E-state index in [-0.39, 0.29) is 17.9 Å². The van der Waals surface area contributed by atoms with Crippen LogP contribution in [0.3, 0.4) is 0 Å². The number of hydrogen-bond donors (Lipinski definition) is 1. The Kier molecular flexibility index (Phi) is 3.41. The first-order valence-corrected chi connectivity index (χ1v) is 6.93. The molecule has 1 saturated heterocycles. The number of hydrogen-bond acceptors (Lipinski definition) is 4. The zero-order chi connectivity index (χ0) is 12.4. The summed E-state index contributed by atoms with van der Waals surface area (Å²) in [6, 6.07) is 0.0693. The van der Waals surface area contributed by atoms with Crippen LogP contribution in [0.4, 0.5) is 0 Å². The number of fused-ring (bicyclic) bond motifs is 1. The maximum atomic E-state index is 12.3. The molecule has 1 aliphatic carbocycles. The van der Waals surface area contributed by atoms with Crippen LogP contribution in [0.5, 0.6) is 0 Å². The fraction of sp³-hybridized carbons (Fsp3) is 0.769. The summed E-state index contributed by atoms with van der Waals surface area (Å²) in [7, 11) is 0. The number of carbonyl (C=O) groups is 1. The molecule has 18 heavy (non-hydrogen) atoms. The molecule has 2 heterocycles. The average Bonchev–Trinajstić information content (AvgIpc) is 2.87. The van der Waals surface area contributed by atoms with Gasteiger partial charge in [0.05, 0.1) is 18.5 Å². The van der Waals surface area contributed by atoms with Crippen molar-refractivity contribution in [3.63, 3.8) is 0 Å². The van der Waals surface area contributed by atoms with Crippen molar-refractivity contribution in [2.75, 3.05) is 19.6 Å².